The van der Waals surface area contributed by atoms with Crippen molar-refractivity contribution >= 4 is 51.0 Å². The number of benzene rings is 5. The molecular formula is C36H32N2. The van der Waals surface area contributed by atoms with Gasteiger partial charge in [0.05, 0.1) is 0 Å². The molecule has 0 fully saturated rings. The second-order valence-corrected chi connectivity index (χ2v) is 9.97. The van der Waals surface area contributed by atoms with Crippen LogP contribution in [0.15, 0.2) is 115 Å². The number of nitrogens with zero attached hydrogens (tertiary/aromatic N) is 2. The van der Waals surface area contributed by atoms with Gasteiger partial charge in [0.1, 0.15) is 0 Å². The average molecular weight is 493 g/mol. The molecule has 6 aromatic rings. The van der Waals surface area contributed by atoms with E-state index in [1.807, 2.05) is 0 Å². The minimum absolute atomic E-state index is 0.966. The van der Waals surface area contributed by atoms with E-state index in [4.69, 9.17) is 0 Å². The molecule has 0 unspecified atom stereocenters. The Bertz CT molecular complexity index is 1690. The van der Waals surface area contributed by atoms with Gasteiger partial charge in [0, 0.05) is 45.4 Å². The van der Waals surface area contributed by atoms with Crippen molar-refractivity contribution in [2.24, 2.45) is 0 Å². The summed E-state index contributed by atoms with van der Waals surface area (Å²) in [6.45, 7) is 7.43. The van der Waals surface area contributed by atoms with E-state index >= 15 is 0 Å². The topological polar surface area (TPSA) is 8.17 Å². The summed E-state index contributed by atoms with van der Waals surface area (Å²) in [5.74, 6) is 0. The number of hydrogen-bond donors (Lipinski definition) is 0. The van der Waals surface area contributed by atoms with Crippen molar-refractivity contribution in [1.29, 1.82) is 0 Å². The fourth-order valence-corrected chi connectivity index (χ4v) is 5.28. The monoisotopic (exact) mass is 492 g/mol. The summed E-state index contributed by atoms with van der Waals surface area (Å²) in [5, 5.41) is 2.63. The van der Waals surface area contributed by atoms with E-state index in [0.29, 0.717) is 0 Å². The van der Waals surface area contributed by atoms with Crippen LogP contribution in [0.2, 0.25) is 0 Å². The first-order chi connectivity index (χ1) is 18.6. The van der Waals surface area contributed by atoms with Crippen LogP contribution in [0.5, 0.6) is 0 Å². The maximum Gasteiger partial charge on any atom is 0.0491 e. The minimum Gasteiger partial charge on any atom is -0.341 e. The zero-order valence-corrected chi connectivity index (χ0v) is 22.2. The molecule has 5 aromatic carbocycles. The Hall–Kier alpha value is -4.56. The third-order valence-electron chi connectivity index (χ3n) is 7.32. The van der Waals surface area contributed by atoms with E-state index < -0.39 is 0 Å². The zero-order valence-electron chi connectivity index (χ0n) is 22.2. The highest BCUT2D eigenvalue weighted by atomic mass is 15.1. The number of hydrogen-bond acceptors (Lipinski definition) is 1. The number of aryl methyl sites for hydroxylation is 3. The Labute approximate surface area is 225 Å². The van der Waals surface area contributed by atoms with Gasteiger partial charge >= 0.3 is 0 Å². The highest BCUT2D eigenvalue weighted by molar-refractivity contribution is 6.08. The van der Waals surface area contributed by atoms with Gasteiger partial charge in [0.25, 0.3) is 0 Å². The van der Waals surface area contributed by atoms with Gasteiger partial charge in [-0.05, 0) is 86.5 Å². The van der Waals surface area contributed by atoms with Crippen LogP contribution in [0, 0.1) is 13.8 Å². The second kappa shape index (κ2) is 10.1. The third kappa shape index (κ3) is 4.50. The zero-order chi connectivity index (χ0) is 26.1. The van der Waals surface area contributed by atoms with Crippen molar-refractivity contribution in [3.63, 3.8) is 0 Å². The summed E-state index contributed by atoms with van der Waals surface area (Å²) in [6.07, 6.45) is 4.41. The first-order valence-corrected chi connectivity index (χ1v) is 13.3. The Kier molecular flexibility index (Phi) is 6.31. The first-order valence-electron chi connectivity index (χ1n) is 13.3. The molecule has 0 aliphatic rings. The van der Waals surface area contributed by atoms with Gasteiger partial charge in [-0.25, -0.2) is 0 Å². The molecule has 0 aliphatic heterocycles. The van der Waals surface area contributed by atoms with E-state index in [0.717, 1.165) is 23.6 Å². The lowest BCUT2D eigenvalue weighted by atomic mass is 10.1. The molecule has 0 spiro atoms. The molecular weight excluding hydrogens is 460 g/mol. The first kappa shape index (κ1) is 23.8. The molecule has 186 valence electrons. The Morgan fingerprint density at radius 2 is 1.05 bits per heavy atom. The van der Waals surface area contributed by atoms with E-state index in [1.54, 1.807) is 0 Å². The molecule has 0 bridgehead atoms. The maximum atomic E-state index is 2.39. The Balaban J connectivity index is 1.31. The van der Waals surface area contributed by atoms with E-state index in [-0.39, 0.29) is 0 Å². The van der Waals surface area contributed by atoms with Crippen molar-refractivity contribution in [1.82, 2.24) is 4.57 Å². The van der Waals surface area contributed by atoms with Crippen LogP contribution in [0.4, 0.5) is 17.1 Å². The lowest BCUT2D eigenvalue weighted by Gasteiger charge is -2.25. The second-order valence-electron chi connectivity index (χ2n) is 9.97. The number of aromatic nitrogens is 1. The van der Waals surface area contributed by atoms with Crippen LogP contribution < -0.4 is 4.90 Å². The van der Waals surface area contributed by atoms with Crippen molar-refractivity contribution in [2.75, 3.05) is 4.90 Å². The quantitative estimate of drug-likeness (QED) is 0.210. The fourth-order valence-electron chi connectivity index (χ4n) is 5.28. The molecule has 0 N–H and O–H groups in total. The van der Waals surface area contributed by atoms with Crippen molar-refractivity contribution in [3.8, 4) is 0 Å². The molecule has 38 heavy (non-hydrogen) atoms. The van der Waals surface area contributed by atoms with Crippen LogP contribution in [-0.4, -0.2) is 4.57 Å². The Morgan fingerprint density at radius 3 is 1.66 bits per heavy atom. The van der Waals surface area contributed by atoms with Gasteiger partial charge in [0.15, 0.2) is 0 Å². The molecule has 0 amide bonds. The highest BCUT2D eigenvalue weighted by Gasteiger charge is 2.12. The lowest BCUT2D eigenvalue weighted by molar-refractivity contribution is 0.827. The fraction of sp³-hybridized carbons (Fsp3) is 0.111. The van der Waals surface area contributed by atoms with Gasteiger partial charge in [-0.15, -0.1) is 0 Å². The maximum absolute atomic E-state index is 2.39. The number of fused-ring (bicyclic) bond motifs is 3. The standard InChI is InChI=1S/C36H32N2/c1-4-37-35-8-6-5-7-33(35)34-25-29(17-24-36(34)37)14-13-28-15-22-32(23-16-28)38(30-18-9-26(2)10-19-30)31-20-11-27(3)12-21-31/h5-25H,4H2,1-3H3/b14-13+. The van der Waals surface area contributed by atoms with Crippen LogP contribution in [0.25, 0.3) is 34.0 Å². The molecule has 1 aromatic heterocycles. The summed E-state index contributed by atoms with van der Waals surface area (Å²) in [7, 11) is 0. The van der Waals surface area contributed by atoms with Gasteiger partial charge in [-0.2, -0.15) is 0 Å². The van der Waals surface area contributed by atoms with Gasteiger partial charge in [-0.1, -0.05) is 83.9 Å². The third-order valence-corrected chi connectivity index (χ3v) is 7.32. The highest BCUT2D eigenvalue weighted by Crippen LogP contribution is 2.35. The normalized spacial score (nSPS) is 11.6. The van der Waals surface area contributed by atoms with Crippen LogP contribution in [-0.2, 0) is 6.54 Å². The SMILES string of the molecule is CCn1c2ccccc2c2cc(/C=C/c3ccc(N(c4ccc(C)cc4)c4ccc(C)cc4)cc3)ccc21. The van der Waals surface area contributed by atoms with Crippen LogP contribution >= 0.6 is 0 Å². The molecule has 1 heterocycles. The van der Waals surface area contributed by atoms with Gasteiger partial charge < -0.3 is 9.47 Å². The van der Waals surface area contributed by atoms with Gasteiger partial charge in [0.2, 0.25) is 0 Å². The Morgan fingerprint density at radius 1 is 0.553 bits per heavy atom. The molecule has 6 rings (SSSR count). The molecule has 0 atom stereocenters. The molecule has 0 radical (unpaired) electrons. The van der Waals surface area contributed by atoms with Crippen molar-refractivity contribution < 1.29 is 0 Å². The smallest absolute Gasteiger partial charge is 0.0491 e. The van der Waals surface area contributed by atoms with Crippen molar-refractivity contribution in [2.45, 2.75) is 27.3 Å². The lowest BCUT2D eigenvalue weighted by Crippen LogP contribution is -2.09. The van der Waals surface area contributed by atoms with Crippen molar-refractivity contribution in [3.05, 3.63) is 138 Å². The summed E-state index contributed by atoms with van der Waals surface area (Å²) < 4.78 is 2.39. The summed E-state index contributed by atoms with van der Waals surface area (Å²) in [5.41, 5.74) is 11.0. The molecule has 0 aliphatic carbocycles. The van der Waals surface area contributed by atoms with E-state index in [9.17, 15) is 0 Å². The number of anilines is 3. The summed E-state index contributed by atoms with van der Waals surface area (Å²) in [6, 6.07) is 41.7. The summed E-state index contributed by atoms with van der Waals surface area (Å²) in [4.78, 5) is 2.31. The molecule has 2 heteroatoms. The number of para-hydroxylation sites is 1. The van der Waals surface area contributed by atoms with Crippen LogP contribution in [0.3, 0.4) is 0 Å². The van der Waals surface area contributed by atoms with E-state index in [1.165, 1.54) is 44.1 Å². The molecule has 0 saturated heterocycles. The number of rotatable bonds is 6. The predicted molar refractivity (Wildman–Crippen MR) is 165 cm³/mol. The molecule has 0 saturated carbocycles. The predicted octanol–water partition coefficient (Wildman–Crippen LogP) is 10.1. The molecule has 2 nitrogen and oxygen atoms in total. The average Bonchev–Trinajstić information content (AvgIpc) is 3.28. The summed E-state index contributed by atoms with van der Waals surface area (Å²) >= 11 is 0. The van der Waals surface area contributed by atoms with Gasteiger partial charge in [-0.3, -0.25) is 0 Å². The van der Waals surface area contributed by atoms with Crippen LogP contribution in [0.1, 0.15) is 29.2 Å². The van der Waals surface area contributed by atoms with E-state index in [2.05, 4.69) is 158 Å². The largest absolute Gasteiger partial charge is 0.341 e. The minimum atomic E-state index is 0.966.